The molecule has 212 valence electrons. The summed E-state index contributed by atoms with van der Waals surface area (Å²) in [4.78, 5) is 29.7. The molecule has 0 bridgehead atoms. The van der Waals surface area contributed by atoms with Gasteiger partial charge in [-0.1, -0.05) is 66.2 Å². The van der Waals surface area contributed by atoms with Gasteiger partial charge in [0.1, 0.15) is 23.9 Å². The topological polar surface area (TPSA) is 67.2 Å². The molecule has 0 saturated heterocycles. The smallest absolute Gasteiger partial charge is 0.240 e. The number of nitrogens with one attached hydrogen (secondary N) is 1. The van der Waals surface area contributed by atoms with Gasteiger partial charge in [0, 0.05) is 17.1 Å². The second kappa shape index (κ2) is 12.1. The maximum atomic E-state index is 13.9. The van der Waals surface area contributed by atoms with Crippen molar-refractivity contribution in [3.8, 4) is 16.3 Å². The van der Waals surface area contributed by atoms with Crippen LogP contribution in [0.5, 0.6) is 0 Å². The molecular formula is C32H26ClFN4O2S2. The van der Waals surface area contributed by atoms with Crippen molar-refractivity contribution in [3.63, 3.8) is 0 Å². The number of halogens is 2. The van der Waals surface area contributed by atoms with Crippen LogP contribution in [0.4, 0.5) is 10.2 Å². The summed E-state index contributed by atoms with van der Waals surface area (Å²) in [6.07, 6.45) is 0. The first-order valence-corrected chi connectivity index (χ1v) is 15.6. The molecule has 1 atom stereocenters. The number of carbonyl (C=O) groups is 2. The summed E-state index contributed by atoms with van der Waals surface area (Å²) >= 11 is 9.79. The second-order valence-electron chi connectivity index (χ2n) is 9.86. The molecule has 42 heavy (non-hydrogen) atoms. The maximum Gasteiger partial charge on any atom is 0.240 e. The highest BCUT2D eigenvalue weighted by atomic mass is 35.5. The van der Waals surface area contributed by atoms with Gasteiger partial charge in [-0.3, -0.25) is 14.5 Å². The van der Waals surface area contributed by atoms with Crippen molar-refractivity contribution < 1.29 is 14.0 Å². The first-order chi connectivity index (χ1) is 20.4. The molecular weight excluding hydrogens is 591 g/mol. The third kappa shape index (κ3) is 5.60. The van der Waals surface area contributed by atoms with E-state index in [4.69, 9.17) is 16.7 Å². The van der Waals surface area contributed by atoms with E-state index in [1.54, 1.807) is 28.2 Å². The molecule has 3 aromatic carbocycles. The van der Waals surface area contributed by atoms with Crippen LogP contribution in [0.25, 0.3) is 16.3 Å². The summed E-state index contributed by atoms with van der Waals surface area (Å²) in [5.74, 6) is -0.197. The number of anilines is 1. The van der Waals surface area contributed by atoms with Gasteiger partial charge in [-0.15, -0.1) is 23.1 Å². The molecule has 0 unspecified atom stereocenters. The Bertz CT molecular complexity index is 1750. The molecule has 5 aromatic rings. The summed E-state index contributed by atoms with van der Waals surface area (Å²) in [6, 6.07) is 25.4. The number of rotatable bonds is 7. The van der Waals surface area contributed by atoms with Gasteiger partial charge in [-0.05, 0) is 59.3 Å². The number of thiophene rings is 1. The number of hydrogen-bond acceptors (Lipinski definition) is 5. The molecule has 10 heteroatoms. The largest absolute Gasteiger partial charge is 0.350 e. The zero-order chi connectivity index (χ0) is 29.2. The lowest BCUT2D eigenvalue weighted by molar-refractivity contribution is -0.123. The Labute approximate surface area is 256 Å². The van der Waals surface area contributed by atoms with E-state index in [1.165, 1.54) is 28.8 Å². The Morgan fingerprint density at radius 1 is 1.05 bits per heavy atom. The summed E-state index contributed by atoms with van der Waals surface area (Å²) in [5, 5.41) is 10.3. The standard InChI is InChI=1S/C32H26ClFN4O2S2/c1-20-7-2-5-10-25(20)38-32-29(30(36-38)26-11-6-16-41-26)31(23-8-3-4-9-24(23)33)42-19-28(40)37(32)18-27(39)35-17-21-12-14-22(34)15-13-21/h2-16,31H,17-19H2,1H3,(H,35,39)/t31-/m0/s1. The van der Waals surface area contributed by atoms with Crippen molar-refractivity contribution >= 4 is 52.3 Å². The van der Waals surface area contributed by atoms with Crippen LogP contribution >= 0.6 is 34.7 Å². The van der Waals surface area contributed by atoms with E-state index < -0.39 is 0 Å². The lowest BCUT2D eigenvalue weighted by Gasteiger charge is -2.24. The second-order valence-corrected chi connectivity index (χ2v) is 12.3. The minimum Gasteiger partial charge on any atom is -0.350 e. The van der Waals surface area contributed by atoms with Crippen LogP contribution in [0.15, 0.2) is 90.3 Å². The number of nitrogens with zero attached hydrogens (tertiary/aromatic N) is 3. The fourth-order valence-electron chi connectivity index (χ4n) is 5.02. The number of carbonyl (C=O) groups excluding carboxylic acids is 2. The molecule has 0 spiro atoms. The Balaban J connectivity index is 1.50. The number of thioether (sulfide) groups is 1. The van der Waals surface area contributed by atoms with Gasteiger partial charge in [0.15, 0.2) is 0 Å². The van der Waals surface area contributed by atoms with Crippen molar-refractivity contribution in [2.24, 2.45) is 0 Å². The van der Waals surface area contributed by atoms with Gasteiger partial charge in [0.25, 0.3) is 0 Å². The lowest BCUT2D eigenvalue weighted by Crippen LogP contribution is -2.42. The predicted octanol–water partition coefficient (Wildman–Crippen LogP) is 7.19. The van der Waals surface area contributed by atoms with E-state index in [0.29, 0.717) is 10.8 Å². The average molecular weight is 617 g/mol. The van der Waals surface area contributed by atoms with Crippen molar-refractivity contribution in [1.82, 2.24) is 15.1 Å². The van der Waals surface area contributed by atoms with Crippen LogP contribution in [-0.4, -0.2) is 33.9 Å². The number of para-hydroxylation sites is 1. The maximum absolute atomic E-state index is 13.9. The van der Waals surface area contributed by atoms with Gasteiger partial charge >= 0.3 is 0 Å². The van der Waals surface area contributed by atoms with Crippen LogP contribution in [0.1, 0.15) is 27.5 Å². The Morgan fingerprint density at radius 3 is 2.55 bits per heavy atom. The number of amides is 2. The van der Waals surface area contributed by atoms with Crippen molar-refractivity contribution in [2.45, 2.75) is 18.7 Å². The molecule has 1 aliphatic heterocycles. The molecule has 6 rings (SSSR count). The van der Waals surface area contributed by atoms with E-state index in [2.05, 4.69) is 5.32 Å². The van der Waals surface area contributed by atoms with Crippen LogP contribution in [0, 0.1) is 12.7 Å². The quantitative estimate of drug-likeness (QED) is 0.210. The highest BCUT2D eigenvalue weighted by Crippen LogP contribution is 2.50. The molecule has 0 aliphatic carbocycles. The molecule has 2 aromatic heterocycles. The highest BCUT2D eigenvalue weighted by molar-refractivity contribution is 8.00. The molecule has 0 radical (unpaired) electrons. The van der Waals surface area contributed by atoms with E-state index in [-0.39, 0.29) is 41.7 Å². The van der Waals surface area contributed by atoms with E-state index in [0.717, 1.165) is 38.5 Å². The lowest BCUT2D eigenvalue weighted by atomic mass is 10.0. The van der Waals surface area contributed by atoms with Crippen molar-refractivity contribution in [2.75, 3.05) is 17.2 Å². The Kier molecular flexibility index (Phi) is 8.15. The molecule has 1 aliphatic rings. The van der Waals surface area contributed by atoms with E-state index in [1.807, 2.05) is 73.0 Å². The van der Waals surface area contributed by atoms with Crippen LogP contribution < -0.4 is 10.2 Å². The minimum atomic E-state index is -0.343. The molecule has 2 amide bonds. The number of aromatic nitrogens is 2. The number of benzene rings is 3. The summed E-state index contributed by atoms with van der Waals surface area (Å²) in [7, 11) is 0. The third-order valence-corrected chi connectivity index (χ3v) is 9.54. The summed E-state index contributed by atoms with van der Waals surface area (Å²) in [6.45, 7) is 2.00. The first-order valence-electron chi connectivity index (χ1n) is 13.3. The van der Waals surface area contributed by atoms with E-state index >= 15 is 0 Å². The first kappa shape index (κ1) is 28.2. The predicted molar refractivity (Wildman–Crippen MR) is 168 cm³/mol. The average Bonchev–Trinajstić information content (AvgIpc) is 3.63. The Hall–Kier alpha value is -3.92. The number of aryl methyl sites for hydroxylation is 1. The van der Waals surface area contributed by atoms with Crippen LogP contribution in [0.2, 0.25) is 5.02 Å². The highest BCUT2D eigenvalue weighted by Gasteiger charge is 2.38. The van der Waals surface area contributed by atoms with Crippen molar-refractivity contribution in [3.05, 3.63) is 123 Å². The summed E-state index contributed by atoms with van der Waals surface area (Å²) in [5.41, 5.74) is 4.99. The van der Waals surface area contributed by atoms with Crippen LogP contribution in [0.3, 0.4) is 0 Å². The molecule has 0 saturated carbocycles. The van der Waals surface area contributed by atoms with Gasteiger partial charge in [0.05, 0.1) is 21.6 Å². The molecule has 1 N–H and O–H groups in total. The zero-order valence-corrected chi connectivity index (χ0v) is 25.0. The molecule has 6 nitrogen and oxygen atoms in total. The third-order valence-electron chi connectivity index (χ3n) is 7.08. The van der Waals surface area contributed by atoms with Gasteiger partial charge < -0.3 is 5.32 Å². The van der Waals surface area contributed by atoms with Gasteiger partial charge in [0.2, 0.25) is 11.8 Å². The van der Waals surface area contributed by atoms with E-state index in [9.17, 15) is 14.0 Å². The van der Waals surface area contributed by atoms with Gasteiger partial charge in [-0.2, -0.15) is 5.10 Å². The Morgan fingerprint density at radius 2 is 1.81 bits per heavy atom. The SMILES string of the molecule is Cc1ccccc1-n1nc(-c2cccs2)c2c1N(CC(=O)NCc1ccc(F)cc1)C(=O)CS[C@H]2c1ccccc1Cl. The van der Waals surface area contributed by atoms with Crippen molar-refractivity contribution in [1.29, 1.82) is 0 Å². The van der Waals surface area contributed by atoms with Gasteiger partial charge in [-0.25, -0.2) is 9.07 Å². The molecule has 3 heterocycles. The molecule has 0 fully saturated rings. The normalized spacial score (nSPS) is 14.9. The fourth-order valence-corrected chi connectivity index (χ4v) is 7.29. The monoisotopic (exact) mass is 616 g/mol. The zero-order valence-electron chi connectivity index (χ0n) is 22.6. The van der Waals surface area contributed by atoms with Crippen LogP contribution in [-0.2, 0) is 16.1 Å². The minimum absolute atomic E-state index is 0.146. The number of fused-ring (bicyclic) bond motifs is 1. The number of hydrogen-bond donors (Lipinski definition) is 1. The fraction of sp³-hybridized carbons (Fsp3) is 0.156. The summed E-state index contributed by atoms with van der Waals surface area (Å²) < 4.78 is 15.1.